The lowest BCUT2D eigenvalue weighted by Crippen LogP contribution is -2.52. The topological polar surface area (TPSA) is 117 Å². The zero-order chi connectivity index (χ0) is 20.7. The molecule has 0 radical (unpaired) electrons. The summed E-state index contributed by atoms with van der Waals surface area (Å²) in [5.74, 6) is -1.15. The van der Waals surface area contributed by atoms with Crippen molar-refractivity contribution in [3.05, 3.63) is 35.9 Å². The highest BCUT2D eigenvalue weighted by Crippen LogP contribution is 2.19. The van der Waals surface area contributed by atoms with Crippen molar-refractivity contribution in [2.24, 2.45) is 5.92 Å². The van der Waals surface area contributed by atoms with Crippen molar-refractivity contribution in [2.75, 3.05) is 6.54 Å². The van der Waals surface area contributed by atoms with Gasteiger partial charge < -0.3 is 25.8 Å². The van der Waals surface area contributed by atoms with Gasteiger partial charge in [0.2, 0.25) is 5.91 Å². The standard InChI is InChI=1S/C20H29N3O5/c1-20(2,3)28-19(27)23-15(11-14-9-10-21-17(14)25)16(24)18(26)22-12-13-7-5-4-6-8-13/h4-8,14-16,24H,9-12H2,1-3H3,(H,21,25)(H,22,26)(H,23,27)/t14-,15-,16?/m0/s1. The van der Waals surface area contributed by atoms with Gasteiger partial charge in [-0.3, -0.25) is 9.59 Å². The van der Waals surface area contributed by atoms with Crippen LogP contribution in [-0.4, -0.2) is 47.3 Å². The molecule has 1 aliphatic heterocycles. The maximum atomic E-state index is 12.4. The molecule has 0 bridgehead atoms. The molecular formula is C20H29N3O5. The number of carbonyl (C=O) groups excluding carboxylic acids is 3. The molecule has 1 saturated heterocycles. The summed E-state index contributed by atoms with van der Waals surface area (Å²) >= 11 is 0. The molecule has 3 amide bonds. The quantitative estimate of drug-likeness (QED) is 0.555. The van der Waals surface area contributed by atoms with Crippen molar-refractivity contribution < 1.29 is 24.2 Å². The Balaban J connectivity index is 2.01. The fraction of sp³-hybridized carbons (Fsp3) is 0.550. The van der Waals surface area contributed by atoms with Gasteiger partial charge in [-0.05, 0) is 39.2 Å². The van der Waals surface area contributed by atoms with Gasteiger partial charge in [-0.15, -0.1) is 0 Å². The Kier molecular flexibility index (Phi) is 7.39. The van der Waals surface area contributed by atoms with E-state index in [2.05, 4.69) is 16.0 Å². The molecule has 8 nitrogen and oxygen atoms in total. The number of hydrogen-bond donors (Lipinski definition) is 4. The Morgan fingerprint density at radius 3 is 2.54 bits per heavy atom. The SMILES string of the molecule is CC(C)(C)OC(=O)N[C@@H](C[C@@H]1CCNC1=O)C(O)C(=O)NCc1ccccc1. The van der Waals surface area contributed by atoms with Gasteiger partial charge in [0.15, 0.2) is 6.10 Å². The average Bonchev–Trinajstić information content (AvgIpc) is 3.02. The molecule has 154 valence electrons. The van der Waals surface area contributed by atoms with E-state index in [1.807, 2.05) is 30.3 Å². The summed E-state index contributed by atoms with van der Waals surface area (Å²) < 4.78 is 5.23. The molecule has 1 fully saturated rings. The van der Waals surface area contributed by atoms with Gasteiger partial charge >= 0.3 is 6.09 Å². The van der Waals surface area contributed by atoms with Gasteiger partial charge in [0, 0.05) is 19.0 Å². The number of nitrogens with one attached hydrogen (secondary N) is 3. The predicted octanol–water partition coefficient (Wildman–Crippen LogP) is 1.08. The van der Waals surface area contributed by atoms with E-state index in [4.69, 9.17) is 4.74 Å². The fourth-order valence-electron chi connectivity index (χ4n) is 2.97. The van der Waals surface area contributed by atoms with Gasteiger partial charge in [-0.25, -0.2) is 4.79 Å². The Bertz CT molecular complexity index is 687. The molecule has 8 heteroatoms. The van der Waals surface area contributed by atoms with Crippen molar-refractivity contribution in [3.8, 4) is 0 Å². The molecule has 3 atom stereocenters. The molecule has 0 saturated carbocycles. The van der Waals surface area contributed by atoms with Crippen molar-refractivity contribution >= 4 is 17.9 Å². The molecule has 4 N–H and O–H groups in total. The van der Waals surface area contributed by atoms with Gasteiger partial charge in [-0.2, -0.15) is 0 Å². The van der Waals surface area contributed by atoms with Crippen LogP contribution in [0.15, 0.2) is 30.3 Å². The molecular weight excluding hydrogens is 362 g/mol. The zero-order valence-electron chi connectivity index (χ0n) is 16.5. The van der Waals surface area contributed by atoms with Crippen molar-refractivity contribution in [1.82, 2.24) is 16.0 Å². The number of ether oxygens (including phenoxy) is 1. The lowest BCUT2D eigenvalue weighted by molar-refractivity contribution is -0.132. The maximum absolute atomic E-state index is 12.4. The fourth-order valence-corrected chi connectivity index (χ4v) is 2.97. The number of aliphatic hydroxyl groups excluding tert-OH is 1. The lowest BCUT2D eigenvalue weighted by atomic mass is 9.94. The third-order valence-corrected chi connectivity index (χ3v) is 4.36. The molecule has 1 aromatic carbocycles. The van der Waals surface area contributed by atoms with E-state index < -0.39 is 29.7 Å². The summed E-state index contributed by atoms with van der Waals surface area (Å²) in [6.07, 6.45) is -1.52. The summed E-state index contributed by atoms with van der Waals surface area (Å²) in [6, 6.07) is 8.33. The smallest absolute Gasteiger partial charge is 0.407 e. The van der Waals surface area contributed by atoms with Gasteiger partial charge in [-0.1, -0.05) is 30.3 Å². The van der Waals surface area contributed by atoms with Crippen LogP contribution >= 0.6 is 0 Å². The summed E-state index contributed by atoms with van der Waals surface area (Å²) in [6.45, 7) is 5.94. The zero-order valence-corrected chi connectivity index (χ0v) is 16.5. The summed E-state index contributed by atoms with van der Waals surface area (Å²) in [7, 11) is 0. The number of carbonyl (C=O) groups is 3. The Morgan fingerprint density at radius 1 is 1.29 bits per heavy atom. The second-order valence-electron chi connectivity index (χ2n) is 7.91. The van der Waals surface area contributed by atoms with E-state index in [-0.39, 0.29) is 24.8 Å². The number of hydrogen-bond acceptors (Lipinski definition) is 5. The van der Waals surface area contributed by atoms with Crippen LogP contribution in [0.4, 0.5) is 4.79 Å². The average molecular weight is 391 g/mol. The van der Waals surface area contributed by atoms with Crippen molar-refractivity contribution in [2.45, 2.75) is 57.9 Å². The number of aliphatic hydroxyl groups is 1. The largest absolute Gasteiger partial charge is 0.444 e. The minimum absolute atomic E-state index is 0.144. The van der Waals surface area contributed by atoms with Crippen LogP contribution in [-0.2, 0) is 20.9 Å². The molecule has 1 heterocycles. The second kappa shape index (κ2) is 9.54. The number of rotatable bonds is 7. The Hall–Kier alpha value is -2.61. The van der Waals surface area contributed by atoms with E-state index in [0.29, 0.717) is 13.0 Å². The monoisotopic (exact) mass is 391 g/mol. The summed E-state index contributed by atoms with van der Waals surface area (Å²) in [5.41, 5.74) is 0.162. The third-order valence-electron chi connectivity index (χ3n) is 4.36. The van der Waals surface area contributed by atoms with E-state index in [9.17, 15) is 19.5 Å². The second-order valence-corrected chi connectivity index (χ2v) is 7.91. The first kappa shape index (κ1) is 21.7. The first-order valence-corrected chi connectivity index (χ1v) is 9.42. The normalized spacial score (nSPS) is 18.7. The molecule has 1 unspecified atom stereocenters. The van der Waals surface area contributed by atoms with Crippen molar-refractivity contribution in [3.63, 3.8) is 0 Å². The van der Waals surface area contributed by atoms with Crippen LogP contribution in [0.1, 0.15) is 39.2 Å². The highest BCUT2D eigenvalue weighted by molar-refractivity contribution is 5.83. The minimum Gasteiger partial charge on any atom is -0.444 e. The van der Waals surface area contributed by atoms with Gasteiger partial charge in [0.25, 0.3) is 5.91 Å². The molecule has 0 spiro atoms. The predicted molar refractivity (Wildman–Crippen MR) is 103 cm³/mol. The Labute approximate surface area is 165 Å². The van der Waals surface area contributed by atoms with Gasteiger partial charge in [0.1, 0.15) is 5.60 Å². The summed E-state index contributed by atoms with van der Waals surface area (Å²) in [5, 5.41) is 18.5. The van der Waals surface area contributed by atoms with Crippen LogP contribution in [0.5, 0.6) is 0 Å². The third kappa shape index (κ3) is 6.84. The number of amides is 3. The first-order chi connectivity index (χ1) is 13.2. The first-order valence-electron chi connectivity index (χ1n) is 9.42. The highest BCUT2D eigenvalue weighted by Gasteiger charge is 2.35. The molecule has 2 rings (SSSR count). The van der Waals surface area contributed by atoms with E-state index >= 15 is 0 Å². The Morgan fingerprint density at radius 2 is 1.96 bits per heavy atom. The van der Waals surface area contributed by atoms with E-state index in [1.165, 1.54) is 0 Å². The molecule has 28 heavy (non-hydrogen) atoms. The van der Waals surface area contributed by atoms with Crippen LogP contribution in [0.3, 0.4) is 0 Å². The molecule has 0 aromatic heterocycles. The number of benzene rings is 1. The summed E-state index contributed by atoms with van der Waals surface area (Å²) in [4.78, 5) is 36.5. The molecule has 0 aliphatic carbocycles. The van der Waals surface area contributed by atoms with Gasteiger partial charge in [0.05, 0.1) is 6.04 Å². The lowest BCUT2D eigenvalue weighted by Gasteiger charge is -2.27. The molecule has 1 aromatic rings. The van der Waals surface area contributed by atoms with Crippen molar-refractivity contribution in [1.29, 1.82) is 0 Å². The highest BCUT2D eigenvalue weighted by atomic mass is 16.6. The van der Waals surface area contributed by atoms with Crippen LogP contribution in [0.2, 0.25) is 0 Å². The van der Waals surface area contributed by atoms with E-state index in [0.717, 1.165) is 5.56 Å². The van der Waals surface area contributed by atoms with Crippen LogP contribution in [0.25, 0.3) is 0 Å². The van der Waals surface area contributed by atoms with Crippen LogP contribution in [0, 0.1) is 5.92 Å². The van der Waals surface area contributed by atoms with E-state index in [1.54, 1.807) is 20.8 Å². The minimum atomic E-state index is -1.51. The molecule has 1 aliphatic rings. The van der Waals surface area contributed by atoms with Crippen LogP contribution < -0.4 is 16.0 Å². The number of alkyl carbamates (subject to hydrolysis) is 1. The maximum Gasteiger partial charge on any atom is 0.407 e.